The molecule has 3 aromatic carbocycles. The fourth-order valence-electron chi connectivity index (χ4n) is 4.27. The first-order chi connectivity index (χ1) is 13.7. The van der Waals surface area contributed by atoms with E-state index in [0.29, 0.717) is 5.92 Å². The standard InChI is InChI=1S/C26H29NO/c1-2-19-3-5-20(6-4-19)21-7-9-22(10-8-21)23-11-15-25(16-12-23)28-26-17-13-24(27)14-18-26/h3-6,11-18,21-22H,2,7-10,27H2,1H3. The summed E-state index contributed by atoms with van der Waals surface area (Å²) in [6, 6.07) is 25.4. The third-order valence-corrected chi connectivity index (χ3v) is 6.05. The van der Waals surface area contributed by atoms with E-state index in [2.05, 4.69) is 55.5 Å². The van der Waals surface area contributed by atoms with Crippen LogP contribution in [0.2, 0.25) is 0 Å². The molecule has 0 unspecified atom stereocenters. The second-order valence-corrected chi connectivity index (χ2v) is 7.88. The molecule has 2 N–H and O–H groups in total. The molecule has 2 nitrogen and oxygen atoms in total. The number of nitrogens with two attached hydrogens (primary N) is 1. The topological polar surface area (TPSA) is 35.2 Å². The molecule has 28 heavy (non-hydrogen) atoms. The summed E-state index contributed by atoms with van der Waals surface area (Å²) < 4.78 is 5.91. The molecule has 0 amide bonds. The third kappa shape index (κ3) is 4.39. The van der Waals surface area contributed by atoms with Crippen molar-refractivity contribution < 1.29 is 4.74 Å². The van der Waals surface area contributed by atoms with E-state index in [4.69, 9.17) is 10.5 Å². The predicted molar refractivity (Wildman–Crippen MR) is 117 cm³/mol. The highest BCUT2D eigenvalue weighted by Gasteiger charge is 2.23. The lowest BCUT2D eigenvalue weighted by atomic mass is 9.76. The van der Waals surface area contributed by atoms with Crippen LogP contribution in [0.5, 0.6) is 11.5 Å². The molecule has 1 saturated carbocycles. The number of rotatable bonds is 5. The number of nitrogen functional groups attached to an aromatic ring is 1. The van der Waals surface area contributed by atoms with Crippen LogP contribution in [0.4, 0.5) is 5.69 Å². The molecule has 0 spiro atoms. The molecular formula is C26H29NO. The molecule has 3 aromatic rings. The van der Waals surface area contributed by atoms with Gasteiger partial charge >= 0.3 is 0 Å². The summed E-state index contributed by atoms with van der Waals surface area (Å²) in [7, 11) is 0. The van der Waals surface area contributed by atoms with Crippen LogP contribution in [0, 0.1) is 0 Å². The predicted octanol–water partition coefficient (Wildman–Crippen LogP) is 7.06. The van der Waals surface area contributed by atoms with Gasteiger partial charge < -0.3 is 10.5 Å². The lowest BCUT2D eigenvalue weighted by Crippen LogP contribution is -2.12. The van der Waals surface area contributed by atoms with E-state index in [0.717, 1.165) is 29.5 Å². The first-order valence-corrected chi connectivity index (χ1v) is 10.4. The molecule has 0 aromatic heterocycles. The van der Waals surface area contributed by atoms with Gasteiger partial charge in [0.25, 0.3) is 0 Å². The second-order valence-electron chi connectivity index (χ2n) is 7.88. The Balaban J connectivity index is 1.34. The molecule has 0 aliphatic heterocycles. The highest BCUT2D eigenvalue weighted by atomic mass is 16.5. The Morgan fingerprint density at radius 2 is 1.11 bits per heavy atom. The Kier molecular flexibility index (Phi) is 5.66. The summed E-state index contributed by atoms with van der Waals surface area (Å²) in [4.78, 5) is 0. The van der Waals surface area contributed by atoms with Gasteiger partial charge in [-0.05, 0) is 97.0 Å². The molecule has 2 heteroatoms. The lowest BCUT2D eigenvalue weighted by Gasteiger charge is -2.29. The maximum absolute atomic E-state index is 5.91. The number of hydrogen-bond acceptors (Lipinski definition) is 2. The fourth-order valence-corrected chi connectivity index (χ4v) is 4.27. The Bertz CT molecular complexity index is 873. The largest absolute Gasteiger partial charge is 0.457 e. The zero-order valence-corrected chi connectivity index (χ0v) is 16.6. The average molecular weight is 372 g/mol. The van der Waals surface area contributed by atoms with Crippen LogP contribution in [0.1, 0.15) is 61.1 Å². The van der Waals surface area contributed by atoms with Crippen molar-refractivity contribution in [1.82, 2.24) is 0 Å². The van der Waals surface area contributed by atoms with E-state index >= 15 is 0 Å². The van der Waals surface area contributed by atoms with Crippen LogP contribution in [0.15, 0.2) is 72.8 Å². The van der Waals surface area contributed by atoms with E-state index in [-0.39, 0.29) is 0 Å². The summed E-state index contributed by atoms with van der Waals surface area (Å²) in [6.07, 6.45) is 6.20. The summed E-state index contributed by atoms with van der Waals surface area (Å²) in [6.45, 7) is 2.21. The van der Waals surface area contributed by atoms with Crippen molar-refractivity contribution in [3.63, 3.8) is 0 Å². The second kappa shape index (κ2) is 8.52. The number of aryl methyl sites for hydroxylation is 1. The first-order valence-electron chi connectivity index (χ1n) is 10.4. The molecule has 4 rings (SSSR count). The molecule has 0 heterocycles. The molecular weight excluding hydrogens is 342 g/mol. The highest BCUT2D eigenvalue weighted by molar-refractivity contribution is 5.43. The van der Waals surface area contributed by atoms with Gasteiger partial charge in [0, 0.05) is 5.69 Å². The average Bonchev–Trinajstić information content (AvgIpc) is 2.76. The van der Waals surface area contributed by atoms with Gasteiger partial charge in [-0.1, -0.05) is 43.3 Å². The maximum atomic E-state index is 5.91. The number of anilines is 1. The summed E-state index contributed by atoms with van der Waals surface area (Å²) >= 11 is 0. The van der Waals surface area contributed by atoms with Gasteiger partial charge in [0.2, 0.25) is 0 Å². The maximum Gasteiger partial charge on any atom is 0.127 e. The zero-order chi connectivity index (χ0) is 19.3. The summed E-state index contributed by atoms with van der Waals surface area (Å²) in [5, 5.41) is 0. The van der Waals surface area contributed by atoms with Gasteiger partial charge in [0.15, 0.2) is 0 Å². The minimum absolute atomic E-state index is 0.664. The van der Waals surface area contributed by atoms with E-state index in [9.17, 15) is 0 Å². The molecule has 1 aliphatic carbocycles. The van der Waals surface area contributed by atoms with Crippen LogP contribution < -0.4 is 10.5 Å². The van der Waals surface area contributed by atoms with Crippen molar-refractivity contribution in [2.24, 2.45) is 0 Å². The molecule has 1 aliphatic rings. The molecule has 144 valence electrons. The van der Waals surface area contributed by atoms with Gasteiger partial charge in [0.05, 0.1) is 0 Å². The van der Waals surface area contributed by atoms with Crippen LogP contribution in [0.25, 0.3) is 0 Å². The van der Waals surface area contributed by atoms with Crippen LogP contribution in [0.3, 0.4) is 0 Å². The minimum Gasteiger partial charge on any atom is -0.457 e. The van der Waals surface area contributed by atoms with Crippen molar-refractivity contribution in [2.45, 2.75) is 50.9 Å². The SMILES string of the molecule is CCc1ccc(C2CCC(c3ccc(Oc4ccc(N)cc4)cc3)CC2)cc1. The Hall–Kier alpha value is -2.74. The van der Waals surface area contributed by atoms with Gasteiger partial charge in [-0.15, -0.1) is 0 Å². The molecule has 1 fully saturated rings. The monoisotopic (exact) mass is 371 g/mol. The van der Waals surface area contributed by atoms with Crippen molar-refractivity contribution in [1.29, 1.82) is 0 Å². The van der Waals surface area contributed by atoms with E-state index in [1.165, 1.54) is 42.4 Å². The number of benzene rings is 3. The normalized spacial score (nSPS) is 19.3. The van der Waals surface area contributed by atoms with Gasteiger partial charge in [-0.2, -0.15) is 0 Å². The minimum atomic E-state index is 0.664. The Morgan fingerprint density at radius 1 is 0.679 bits per heavy atom. The third-order valence-electron chi connectivity index (χ3n) is 6.05. The number of hydrogen-bond donors (Lipinski definition) is 1. The quantitative estimate of drug-likeness (QED) is 0.487. The van der Waals surface area contributed by atoms with Gasteiger partial charge in [-0.3, -0.25) is 0 Å². The smallest absolute Gasteiger partial charge is 0.127 e. The van der Waals surface area contributed by atoms with Gasteiger partial charge in [-0.25, -0.2) is 0 Å². The molecule has 0 saturated heterocycles. The summed E-state index contributed by atoms with van der Waals surface area (Å²) in [5.74, 6) is 3.07. The van der Waals surface area contributed by atoms with Gasteiger partial charge in [0.1, 0.15) is 11.5 Å². The molecule has 0 radical (unpaired) electrons. The van der Waals surface area contributed by atoms with Crippen molar-refractivity contribution in [2.75, 3.05) is 5.73 Å². The van der Waals surface area contributed by atoms with E-state index in [1.54, 1.807) is 0 Å². The van der Waals surface area contributed by atoms with Crippen molar-refractivity contribution in [3.05, 3.63) is 89.5 Å². The van der Waals surface area contributed by atoms with E-state index < -0.39 is 0 Å². The van der Waals surface area contributed by atoms with Crippen LogP contribution >= 0.6 is 0 Å². The number of ether oxygens (including phenoxy) is 1. The lowest BCUT2D eigenvalue weighted by molar-refractivity contribution is 0.396. The Labute approximate surface area is 168 Å². The Morgan fingerprint density at radius 3 is 1.57 bits per heavy atom. The van der Waals surface area contributed by atoms with E-state index in [1.807, 2.05) is 24.3 Å². The summed E-state index contributed by atoms with van der Waals surface area (Å²) in [5.41, 5.74) is 10.9. The zero-order valence-electron chi connectivity index (χ0n) is 16.6. The molecule has 0 bridgehead atoms. The van der Waals surface area contributed by atoms with Crippen LogP contribution in [-0.4, -0.2) is 0 Å². The highest BCUT2D eigenvalue weighted by Crippen LogP contribution is 2.41. The van der Waals surface area contributed by atoms with Crippen molar-refractivity contribution >= 4 is 5.69 Å². The van der Waals surface area contributed by atoms with Crippen LogP contribution in [-0.2, 0) is 6.42 Å². The fraction of sp³-hybridized carbons (Fsp3) is 0.308. The first kappa shape index (κ1) is 18.6. The molecule has 0 atom stereocenters. The van der Waals surface area contributed by atoms with Crippen molar-refractivity contribution in [3.8, 4) is 11.5 Å².